The Morgan fingerprint density at radius 3 is 2.63 bits per heavy atom. The van der Waals surface area contributed by atoms with Crippen molar-refractivity contribution in [2.45, 2.75) is 25.5 Å². The zero-order valence-corrected chi connectivity index (χ0v) is 11.0. The second kappa shape index (κ2) is 5.55. The number of carboxylic acids is 1. The first-order chi connectivity index (χ1) is 8.94. The fourth-order valence-corrected chi connectivity index (χ4v) is 2.33. The molecule has 1 unspecified atom stereocenters. The zero-order chi connectivity index (χ0) is 13.9. The second-order valence-electron chi connectivity index (χ2n) is 5.37. The van der Waals surface area contributed by atoms with Crippen LogP contribution in [-0.2, 0) is 11.3 Å². The first kappa shape index (κ1) is 13.8. The number of carbonyl (C=O) groups is 1. The fraction of sp³-hybridized carbons (Fsp3) is 0.400. The topological polar surface area (TPSA) is 60.8 Å². The average Bonchev–Trinajstić information content (AvgIpc) is 2.68. The third kappa shape index (κ3) is 4.19. The Labute approximate surface area is 113 Å². The van der Waals surface area contributed by atoms with Gasteiger partial charge in [-0.2, -0.15) is 0 Å². The number of carboxylic acid groups (broad SMARTS) is 1. The SMILES string of the molecule is CC1(O)CCN(Cc2ccc(/C=C/C(=O)O)cc2)C1. The molecule has 0 spiro atoms. The van der Waals surface area contributed by atoms with E-state index in [1.165, 1.54) is 5.56 Å². The molecule has 1 aliphatic rings. The van der Waals surface area contributed by atoms with Crippen molar-refractivity contribution in [2.24, 2.45) is 0 Å². The van der Waals surface area contributed by atoms with Crippen LogP contribution in [0.4, 0.5) is 0 Å². The minimum absolute atomic E-state index is 0.565. The molecule has 2 rings (SSSR count). The Morgan fingerprint density at radius 1 is 1.42 bits per heavy atom. The summed E-state index contributed by atoms with van der Waals surface area (Å²) in [6.45, 7) is 4.30. The van der Waals surface area contributed by atoms with Crippen LogP contribution in [-0.4, -0.2) is 39.8 Å². The lowest BCUT2D eigenvalue weighted by Gasteiger charge is -2.18. The van der Waals surface area contributed by atoms with Crippen molar-refractivity contribution in [2.75, 3.05) is 13.1 Å². The second-order valence-corrected chi connectivity index (χ2v) is 5.37. The first-order valence-electron chi connectivity index (χ1n) is 6.39. The highest BCUT2D eigenvalue weighted by molar-refractivity contribution is 5.85. The molecule has 1 fully saturated rings. The fourth-order valence-electron chi connectivity index (χ4n) is 2.33. The smallest absolute Gasteiger partial charge is 0.328 e. The van der Waals surface area contributed by atoms with E-state index >= 15 is 0 Å². The van der Waals surface area contributed by atoms with Gasteiger partial charge in [0.1, 0.15) is 0 Å². The minimum atomic E-state index is -0.941. The molecule has 1 aliphatic heterocycles. The summed E-state index contributed by atoms with van der Waals surface area (Å²) in [4.78, 5) is 12.6. The third-order valence-electron chi connectivity index (χ3n) is 3.34. The molecular weight excluding hydrogens is 242 g/mol. The molecule has 0 aliphatic carbocycles. The van der Waals surface area contributed by atoms with Gasteiger partial charge in [0, 0.05) is 25.7 Å². The van der Waals surface area contributed by atoms with E-state index in [-0.39, 0.29) is 0 Å². The summed E-state index contributed by atoms with van der Waals surface area (Å²) in [6, 6.07) is 7.80. The number of β-amino-alcohol motifs (C(OH)–C–C–N with tert-alkyl or cyclic N) is 1. The lowest BCUT2D eigenvalue weighted by Crippen LogP contribution is -2.29. The molecule has 19 heavy (non-hydrogen) atoms. The molecule has 0 aromatic heterocycles. The van der Waals surface area contributed by atoms with Gasteiger partial charge in [0.05, 0.1) is 5.60 Å². The summed E-state index contributed by atoms with van der Waals surface area (Å²) in [5.41, 5.74) is 1.48. The van der Waals surface area contributed by atoms with Crippen LogP contribution in [0.25, 0.3) is 6.08 Å². The van der Waals surface area contributed by atoms with Crippen molar-refractivity contribution in [3.63, 3.8) is 0 Å². The molecule has 1 atom stereocenters. The molecule has 0 amide bonds. The van der Waals surface area contributed by atoms with Gasteiger partial charge >= 0.3 is 5.97 Å². The van der Waals surface area contributed by atoms with E-state index < -0.39 is 11.6 Å². The van der Waals surface area contributed by atoms with Crippen molar-refractivity contribution in [3.8, 4) is 0 Å². The number of benzene rings is 1. The Kier molecular flexibility index (Phi) is 4.02. The highest BCUT2D eigenvalue weighted by Crippen LogP contribution is 2.22. The molecule has 102 valence electrons. The van der Waals surface area contributed by atoms with Gasteiger partial charge in [-0.25, -0.2) is 4.79 Å². The predicted molar refractivity (Wildman–Crippen MR) is 73.6 cm³/mol. The Morgan fingerprint density at radius 2 is 2.11 bits per heavy atom. The van der Waals surface area contributed by atoms with Gasteiger partial charge < -0.3 is 10.2 Å². The molecule has 1 heterocycles. The first-order valence-corrected chi connectivity index (χ1v) is 6.39. The van der Waals surface area contributed by atoms with Gasteiger partial charge in [0.15, 0.2) is 0 Å². The number of rotatable bonds is 4. The van der Waals surface area contributed by atoms with E-state index in [1.807, 2.05) is 31.2 Å². The van der Waals surface area contributed by atoms with E-state index in [2.05, 4.69) is 4.90 Å². The number of likely N-dealkylation sites (tertiary alicyclic amines) is 1. The summed E-state index contributed by atoms with van der Waals surface area (Å²) in [5, 5.41) is 18.5. The number of aliphatic carboxylic acids is 1. The summed E-state index contributed by atoms with van der Waals surface area (Å²) >= 11 is 0. The minimum Gasteiger partial charge on any atom is -0.478 e. The standard InChI is InChI=1S/C15H19NO3/c1-15(19)8-9-16(11-15)10-13-4-2-12(3-5-13)6-7-14(17)18/h2-7,19H,8-11H2,1H3,(H,17,18)/b7-6+. The highest BCUT2D eigenvalue weighted by atomic mass is 16.4. The monoisotopic (exact) mass is 261 g/mol. The van der Waals surface area contributed by atoms with Crippen LogP contribution < -0.4 is 0 Å². The molecule has 2 N–H and O–H groups in total. The Balaban J connectivity index is 1.94. The molecular formula is C15H19NO3. The molecule has 0 saturated carbocycles. The van der Waals surface area contributed by atoms with Gasteiger partial charge in [-0.3, -0.25) is 4.90 Å². The van der Waals surface area contributed by atoms with Crippen LogP contribution in [0.2, 0.25) is 0 Å². The zero-order valence-electron chi connectivity index (χ0n) is 11.0. The van der Waals surface area contributed by atoms with Crippen molar-refractivity contribution < 1.29 is 15.0 Å². The van der Waals surface area contributed by atoms with Crippen LogP contribution >= 0.6 is 0 Å². The molecule has 0 bridgehead atoms. The highest BCUT2D eigenvalue weighted by Gasteiger charge is 2.30. The number of nitrogens with zero attached hydrogens (tertiary/aromatic N) is 1. The van der Waals surface area contributed by atoms with Crippen LogP contribution in [0, 0.1) is 0 Å². The molecule has 4 heteroatoms. The maximum Gasteiger partial charge on any atom is 0.328 e. The number of hydrogen-bond acceptors (Lipinski definition) is 3. The maximum atomic E-state index is 10.4. The van der Waals surface area contributed by atoms with E-state index in [4.69, 9.17) is 5.11 Å². The van der Waals surface area contributed by atoms with Gasteiger partial charge in [-0.1, -0.05) is 24.3 Å². The molecule has 0 radical (unpaired) electrons. The van der Waals surface area contributed by atoms with E-state index in [0.29, 0.717) is 6.54 Å². The van der Waals surface area contributed by atoms with Crippen LogP contribution in [0.1, 0.15) is 24.5 Å². The van der Waals surface area contributed by atoms with Crippen molar-refractivity contribution in [1.29, 1.82) is 0 Å². The van der Waals surface area contributed by atoms with Crippen LogP contribution in [0.3, 0.4) is 0 Å². The van der Waals surface area contributed by atoms with Gasteiger partial charge in [-0.15, -0.1) is 0 Å². The number of hydrogen-bond donors (Lipinski definition) is 2. The maximum absolute atomic E-state index is 10.4. The summed E-state index contributed by atoms with van der Waals surface area (Å²) in [7, 11) is 0. The van der Waals surface area contributed by atoms with Crippen molar-refractivity contribution in [3.05, 3.63) is 41.5 Å². The Hall–Kier alpha value is -1.65. The van der Waals surface area contributed by atoms with Gasteiger partial charge in [-0.05, 0) is 30.5 Å². The quantitative estimate of drug-likeness (QED) is 0.810. The normalized spacial score (nSPS) is 24.1. The lowest BCUT2D eigenvalue weighted by atomic mass is 10.1. The third-order valence-corrected chi connectivity index (χ3v) is 3.34. The van der Waals surface area contributed by atoms with E-state index in [9.17, 15) is 9.90 Å². The van der Waals surface area contributed by atoms with Gasteiger partial charge in [0.2, 0.25) is 0 Å². The largest absolute Gasteiger partial charge is 0.478 e. The van der Waals surface area contributed by atoms with Crippen molar-refractivity contribution in [1.82, 2.24) is 4.90 Å². The molecule has 1 aromatic carbocycles. The van der Waals surface area contributed by atoms with Gasteiger partial charge in [0.25, 0.3) is 0 Å². The Bertz CT molecular complexity index is 477. The molecule has 1 saturated heterocycles. The summed E-state index contributed by atoms with van der Waals surface area (Å²) in [6.07, 6.45) is 3.52. The molecule has 4 nitrogen and oxygen atoms in total. The number of aliphatic hydroxyl groups is 1. The molecule has 1 aromatic rings. The summed E-state index contributed by atoms with van der Waals surface area (Å²) in [5.74, 6) is -0.941. The van der Waals surface area contributed by atoms with Crippen LogP contribution in [0.5, 0.6) is 0 Å². The summed E-state index contributed by atoms with van der Waals surface area (Å²) < 4.78 is 0. The lowest BCUT2D eigenvalue weighted by molar-refractivity contribution is -0.131. The predicted octanol–water partition coefficient (Wildman–Crippen LogP) is 1.74. The average molecular weight is 261 g/mol. The van der Waals surface area contributed by atoms with E-state index in [0.717, 1.165) is 31.1 Å². The van der Waals surface area contributed by atoms with E-state index in [1.54, 1.807) is 6.08 Å². The van der Waals surface area contributed by atoms with Crippen LogP contribution in [0.15, 0.2) is 30.3 Å². The van der Waals surface area contributed by atoms with Crippen molar-refractivity contribution >= 4 is 12.0 Å².